The van der Waals surface area contributed by atoms with Crippen molar-refractivity contribution in [2.75, 3.05) is 13.2 Å². The highest BCUT2D eigenvalue weighted by Crippen LogP contribution is 2.14. The quantitative estimate of drug-likeness (QED) is 0.427. The molecule has 2 aromatic carbocycles. The predicted octanol–water partition coefficient (Wildman–Crippen LogP) is 2.81. The van der Waals surface area contributed by atoms with Gasteiger partial charge >= 0.3 is 5.97 Å². The number of esters is 1. The lowest BCUT2D eigenvalue weighted by Crippen LogP contribution is -2.24. The zero-order valence-corrected chi connectivity index (χ0v) is 16.0. The van der Waals surface area contributed by atoms with E-state index < -0.39 is 22.6 Å². The van der Waals surface area contributed by atoms with E-state index in [0.29, 0.717) is 5.56 Å². The molecule has 2 aromatic rings. The number of ketones is 1. The molecule has 0 unspecified atom stereocenters. The summed E-state index contributed by atoms with van der Waals surface area (Å²) in [6, 6.07) is 10.9. The number of hydrogen-bond acceptors (Lipinski definition) is 5. The van der Waals surface area contributed by atoms with E-state index in [1.165, 1.54) is 30.3 Å². The molecule has 6 nitrogen and oxygen atoms in total. The van der Waals surface area contributed by atoms with Crippen LogP contribution in [0.5, 0.6) is 0 Å². The van der Waals surface area contributed by atoms with E-state index in [1.807, 2.05) is 19.1 Å². The van der Waals surface area contributed by atoms with Crippen molar-refractivity contribution >= 4 is 21.8 Å². The molecule has 0 atom stereocenters. The Morgan fingerprint density at radius 2 is 1.89 bits per heavy atom. The molecule has 0 heterocycles. The smallest absolute Gasteiger partial charge is 0.338 e. The molecular weight excluding hydrogens is 366 g/mol. The third kappa shape index (κ3) is 5.35. The fourth-order valence-corrected chi connectivity index (χ4v) is 3.41. The molecule has 142 valence electrons. The van der Waals surface area contributed by atoms with Crippen molar-refractivity contribution in [1.29, 1.82) is 0 Å². The van der Waals surface area contributed by atoms with Gasteiger partial charge in [-0.25, -0.2) is 17.9 Å². The van der Waals surface area contributed by atoms with Gasteiger partial charge in [-0.3, -0.25) is 4.79 Å². The van der Waals surface area contributed by atoms with Gasteiger partial charge in [-0.1, -0.05) is 29.8 Å². The Morgan fingerprint density at radius 1 is 1.15 bits per heavy atom. The number of carbonyl (C=O) groups excluding carboxylic acids is 2. The molecule has 0 aliphatic rings. The van der Waals surface area contributed by atoms with Crippen LogP contribution in [-0.2, 0) is 14.8 Å². The van der Waals surface area contributed by atoms with Crippen molar-refractivity contribution in [3.63, 3.8) is 0 Å². The molecule has 1 N–H and O–H groups in total. The number of rotatable bonds is 8. The number of sulfonamides is 1. The van der Waals surface area contributed by atoms with E-state index in [2.05, 4.69) is 11.3 Å². The molecule has 0 aliphatic carbocycles. The first kappa shape index (κ1) is 20.5. The van der Waals surface area contributed by atoms with Gasteiger partial charge in [0, 0.05) is 12.1 Å². The molecule has 0 amide bonds. The summed E-state index contributed by atoms with van der Waals surface area (Å²) in [6.07, 6.45) is 1.41. The molecule has 0 radical (unpaired) electrons. The number of benzene rings is 2. The first-order chi connectivity index (χ1) is 12.7. The van der Waals surface area contributed by atoms with Gasteiger partial charge in [-0.2, -0.15) is 0 Å². The van der Waals surface area contributed by atoms with Crippen molar-refractivity contribution in [1.82, 2.24) is 4.72 Å². The Labute approximate surface area is 158 Å². The summed E-state index contributed by atoms with van der Waals surface area (Å²) < 4.78 is 31.6. The van der Waals surface area contributed by atoms with Gasteiger partial charge in [0.05, 0.1) is 10.5 Å². The Balaban J connectivity index is 2.10. The molecule has 0 fully saturated rings. The van der Waals surface area contributed by atoms with Crippen LogP contribution in [0, 0.1) is 13.8 Å². The number of ether oxygens (including phenoxy) is 1. The van der Waals surface area contributed by atoms with Crippen LogP contribution in [0.4, 0.5) is 0 Å². The predicted molar refractivity (Wildman–Crippen MR) is 102 cm³/mol. The zero-order chi connectivity index (χ0) is 20.0. The minimum Gasteiger partial charge on any atom is -0.454 e. The van der Waals surface area contributed by atoms with Crippen molar-refractivity contribution in [2.24, 2.45) is 0 Å². The minimum atomic E-state index is -3.76. The third-order valence-electron chi connectivity index (χ3n) is 3.83. The molecule has 0 spiro atoms. The monoisotopic (exact) mass is 387 g/mol. The summed E-state index contributed by atoms with van der Waals surface area (Å²) in [4.78, 5) is 24.5. The van der Waals surface area contributed by atoms with Crippen LogP contribution >= 0.6 is 0 Å². The SMILES string of the molecule is C=CCNS(=O)(=O)c1cccc(C(=O)OCC(=O)c2cc(C)ccc2C)c1. The summed E-state index contributed by atoms with van der Waals surface area (Å²) >= 11 is 0. The van der Waals surface area contributed by atoms with Crippen LogP contribution in [0.25, 0.3) is 0 Å². The molecule has 0 aliphatic heterocycles. The Kier molecular flexibility index (Phi) is 6.65. The second-order valence-corrected chi connectivity index (χ2v) is 7.75. The Morgan fingerprint density at radius 3 is 2.59 bits per heavy atom. The van der Waals surface area contributed by atoms with Gasteiger partial charge in [-0.05, 0) is 43.7 Å². The zero-order valence-electron chi connectivity index (χ0n) is 15.2. The maximum atomic E-state index is 12.3. The van der Waals surface area contributed by atoms with Crippen molar-refractivity contribution in [3.05, 3.63) is 77.4 Å². The van der Waals surface area contributed by atoms with Crippen LogP contribution in [0.2, 0.25) is 0 Å². The van der Waals surface area contributed by atoms with E-state index >= 15 is 0 Å². The molecule has 0 aromatic heterocycles. The van der Waals surface area contributed by atoms with Crippen LogP contribution < -0.4 is 4.72 Å². The van der Waals surface area contributed by atoms with Gasteiger partial charge in [0.15, 0.2) is 6.61 Å². The first-order valence-electron chi connectivity index (χ1n) is 8.23. The molecule has 7 heteroatoms. The van der Waals surface area contributed by atoms with E-state index in [9.17, 15) is 18.0 Å². The van der Waals surface area contributed by atoms with Gasteiger partial charge in [-0.15, -0.1) is 6.58 Å². The van der Waals surface area contributed by atoms with Gasteiger partial charge < -0.3 is 4.74 Å². The fraction of sp³-hybridized carbons (Fsp3) is 0.200. The Hall–Kier alpha value is -2.77. The van der Waals surface area contributed by atoms with Crippen LogP contribution in [0.1, 0.15) is 31.8 Å². The number of carbonyl (C=O) groups is 2. The molecule has 0 saturated carbocycles. The largest absolute Gasteiger partial charge is 0.454 e. The van der Waals surface area contributed by atoms with Crippen LogP contribution in [-0.4, -0.2) is 33.3 Å². The average Bonchev–Trinajstić information content (AvgIpc) is 2.66. The second kappa shape index (κ2) is 8.75. The van der Waals surface area contributed by atoms with Crippen molar-refractivity contribution < 1.29 is 22.7 Å². The second-order valence-electron chi connectivity index (χ2n) is 5.99. The molecule has 27 heavy (non-hydrogen) atoms. The fourth-order valence-electron chi connectivity index (χ4n) is 2.37. The molecular formula is C20H21NO5S. The number of hydrogen-bond donors (Lipinski definition) is 1. The highest BCUT2D eigenvalue weighted by atomic mass is 32.2. The van der Waals surface area contributed by atoms with Gasteiger partial charge in [0.2, 0.25) is 15.8 Å². The lowest BCUT2D eigenvalue weighted by atomic mass is 10.0. The summed E-state index contributed by atoms with van der Waals surface area (Å²) in [5.41, 5.74) is 2.27. The maximum Gasteiger partial charge on any atom is 0.338 e. The standard InChI is InChI=1S/C20H21NO5S/c1-4-10-21-27(24,25)17-7-5-6-16(12-17)20(23)26-13-19(22)18-11-14(2)8-9-15(18)3/h4-9,11-12,21H,1,10,13H2,2-3H3. The lowest BCUT2D eigenvalue weighted by Gasteiger charge is -2.09. The van der Waals surface area contributed by atoms with Crippen LogP contribution in [0.15, 0.2) is 60.0 Å². The summed E-state index contributed by atoms with van der Waals surface area (Å²) in [5, 5.41) is 0. The number of Topliss-reactive ketones (excluding diaryl/α,β-unsaturated/α-hetero) is 1. The first-order valence-corrected chi connectivity index (χ1v) is 9.71. The number of nitrogens with one attached hydrogen (secondary N) is 1. The number of aryl methyl sites for hydroxylation is 2. The average molecular weight is 387 g/mol. The lowest BCUT2D eigenvalue weighted by molar-refractivity contribution is 0.0474. The summed E-state index contributed by atoms with van der Waals surface area (Å²) in [7, 11) is -3.76. The third-order valence-corrected chi connectivity index (χ3v) is 5.25. The topological polar surface area (TPSA) is 89.5 Å². The van der Waals surface area contributed by atoms with Gasteiger partial charge in [0.25, 0.3) is 0 Å². The Bertz CT molecular complexity index is 980. The van der Waals surface area contributed by atoms with E-state index in [1.54, 1.807) is 13.0 Å². The molecule has 0 saturated heterocycles. The summed E-state index contributed by atoms with van der Waals surface area (Å²) in [5.74, 6) is -1.09. The normalized spacial score (nSPS) is 11.0. The highest BCUT2D eigenvalue weighted by Gasteiger charge is 2.17. The minimum absolute atomic E-state index is 0.0465. The van der Waals surface area contributed by atoms with E-state index in [-0.39, 0.29) is 22.8 Å². The molecule has 0 bridgehead atoms. The van der Waals surface area contributed by atoms with Crippen LogP contribution in [0.3, 0.4) is 0 Å². The van der Waals surface area contributed by atoms with Crippen molar-refractivity contribution in [2.45, 2.75) is 18.7 Å². The highest BCUT2D eigenvalue weighted by molar-refractivity contribution is 7.89. The van der Waals surface area contributed by atoms with Gasteiger partial charge in [0.1, 0.15) is 0 Å². The summed E-state index contributed by atoms with van der Waals surface area (Å²) in [6.45, 7) is 6.77. The maximum absolute atomic E-state index is 12.3. The van der Waals surface area contributed by atoms with E-state index in [4.69, 9.17) is 4.74 Å². The molecule has 2 rings (SSSR count). The van der Waals surface area contributed by atoms with Crippen molar-refractivity contribution in [3.8, 4) is 0 Å². The van der Waals surface area contributed by atoms with E-state index in [0.717, 1.165) is 11.1 Å².